The minimum atomic E-state index is -0.385. The Balaban J connectivity index is 0.00000112. The fourth-order valence-electron chi connectivity index (χ4n) is 1.80. The van der Waals surface area contributed by atoms with E-state index in [1.807, 2.05) is 31.2 Å². The largest absolute Gasteiger partial charge is 0.355 e. The average molecular weight is 248 g/mol. The fraction of sp³-hybridized carbons (Fsp3) is 0.455. The predicted octanol–water partition coefficient (Wildman–Crippen LogP) is 2.94. The van der Waals surface area contributed by atoms with Crippen LogP contribution in [0.5, 0.6) is 0 Å². The van der Waals surface area contributed by atoms with Gasteiger partial charge in [0, 0.05) is 11.1 Å². The van der Waals surface area contributed by atoms with Crippen molar-refractivity contribution in [3.05, 3.63) is 34.9 Å². The van der Waals surface area contributed by atoms with Crippen LogP contribution in [0.2, 0.25) is 5.02 Å². The molecular weight excluding hydrogens is 233 g/mol. The molecule has 1 N–H and O–H groups in total. The molecular formula is C11H15Cl2NO. The summed E-state index contributed by atoms with van der Waals surface area (Å²) in [5.74, 6) is 0. The first-order chi connectivity index (χ1) is 6.60. The quantitative estimate of drug-likeness (QED) is 0.825. The molecule has 4 heteroatoms. The number of benzene rings is 1. The Morgan fingerprint density at radius 3 is 2.80 bits per heavy atom. The molecule has 2 nitrogen and oxygen atoms in total. The van der Waals surface area contributed by atoms with Gasteiger partial charge in [-0.15, -0.1) is 12.4 Å². The lowest BCUT2D eigenvalue weighted by Crippen LogP contribution is -2.37. The van der Waals surface area contributed by atoms with E-state index in [2.05, 4.69) is 12.2 Å². The topological polar surface area (TPSA) is 21.3 Å². The zero-order chi connectivity index (χ0) is 10.2. The molecule has 0 amide bonds. The second-order valence-electron chi connectivity index (χ2n) is 3.90. The van der Waals surface area contributed by atoms with Gasteiger partial charge in [-0.05, 0) is 31.5 Å². The van der Waals surface area contributed by atoms with Crippen LogP contribution < -0.4 is 5.32 Å². The third-order valence-corrected chi connectivity index (χ3v) is 2.75. The molecule has 1 saturated heterocycles. The molecule has 1 aromatic carbocycles. The Bertz CT molecular complexity index is 345. The maximum Gasteiger partial charge on any atom is 0.142 e. The number of hydrogen-bond donors (Lipinski definition) is 1. The summed E-state index contributed by atoms with van der Waals surface area (Å²) >= 11 is 5.94. The molecule has 2 unspecified atom stereocenters. The Kier molecular flexibility index (Phi) is 4.01. The van der Waals surface area contributed by atoms with E-state index in [1.165, 1.54) is 0 Å². The van der Waals surface area contributed by atoms with E-state index in [-0.39, 0.29) is 18.1 Å². The Labute approximate surface area is 101 Å². The SMILES string of the molecule is CC1COC(C)(c2cccc(Cl)c2)N1.Cl. The molecule has 1 aliphatic rings. The molecule has 0 aromatic heterocycles. The van der Waals surface area contributed by atoms with Gasteiger partial charge in [-0.1, -0.05) is 23.7 Å². The summed E-state index contributed by atoms with van der Waals surface area (Å²) in [6.07, 6.45) is 0. The summed E-state index contributed by atoms with van der Waals surface area (Å²) < 4.78 is 5.72. The van der Waals surface area contributed by atoms with Crippen molar-refractivity contribution >= 4 is 24.0 Å². The van der Waals surface area contributed by atoms with Gasteiger partial charge >= 0.3 is 0 Å². The lowest BCUT2D eigenvalue weighted by Gasteiger charge is -2.24. The molecule has 1 fully saturated rings. The highest BCUT2D eigenvalue weighted by Gasteiger charge is 2.34. The fourth-order valence-corrected chi connectivity index (χ4v) is 1.99. The van der Waals surface area contributed by atoms with Crippen LogP contribution in [0, 0.1) is 0 Å². The molecule has 1 heterocycles. The highest BCUT2D eigenvalue weighted by molar-refractivity contribution is 6.30. The molecule has 0 aliphatic carbocycles. The molecule has 84 valence electrons. The van der Waals surface area contributed by atoms with E-state index in [0.717, 1.165) is 17.2 Å². The lowest BCUT2D eigenvalue weighted by molar-refractivity contribution is 0.00238. The highest BCUT2D eigenvalue weighted by Crippen LogP contribution is 2.28. The van der Waals surface area contributed by atoms with Crippen molar-refractivity contribution < 1.29 is 4.74 Å². The number of halogens is 2. The summed E-state index contributed by atoms with van der Waals surface area (Å²) in [6.45, 7) is 4.88. The summed E-state index contributed by atoms with van der Waals surface area (Å²) in [5, 5.41) is 4.14. The molecule has 0 spiro atoms. The Hall–Kier alpha value is -0.280. The van der Waals surface area contributed by atoms with E-state index in [9.17, 15) is 0 Å². The van der Waals surface area contributed by atoms with Gasteiger partial charge in [0.1, 0.15) is 5.72 Å². The highest BCUT2D eigenvalue weighted by atomic mass is 35.5. The van der Waals surface area contributed by atoms with Gasteiger partial charge in [0.2, 0.25) is 0 Å². The van der Waals surface area contributed by atoms with Gasteiger partial charge in [0.25, 0.3) is 0 Å². The van der Waals surface area contributed by atoms with Crippen LogP contribution >= 0.6 is 24.0 Å². The first-order valence-electron chi connectivity index (χ1n) is 4.78. The van der Waals surface area contributed by atoms with Crippen molar-refractivity contribution in [2.75, 3.05) is 6.61 Å². The molecule has 15 heavy (non-hydrogen) atoms. The lowest BCUT2D eigenvalue weighted by atomic mass is 10.1. The van der Waals surface area contributed by atoms with Gasteiger partial charge < -0.3 is 4.74 Å². The van der Waals surface area contributed by atoms with Crippen LogP contribution in [-0.4, -0.2) is 12.6 Å². The van der Waals surface area contributed by atoms with Crippen molar-refractivity contribution in [2.24, 2.45) is 0 Å². The molecule has 0 saturated carbocycles. The first-order valence-corrected chi connectivity index (χ1v) is 5.16. The van der Waals surface area contributed by atoms with Crippen molar-refractivity contribution in [2.45, 2.75) is 25.6 Å². The maximum absolute atomic E-state index is 5.94. The van der Waals surface area contributed by atoms with Crippen LogP contribution in [0.3, 0.4) is 0 Å². The van der Waals surface area contributed by atoms with Crippen LogP contribution in [0.15, 0.2) is 24.3 Å². The minimum absolute atomic E-state index is 0. The average Bonchev–Trinajstić information content (AvgIpc) is 2.48. The van der Waals surface area contributed by atoms with E-state index < -0.39 is 0 Å². The van der Waals surface area contributed by atoms with Gasteiger partial charge in [-0.3, -0.25) is 5.32 Å². The summed E-state index contributed by atoms with van der Waals surface area (Å²) in [6, 6.07) is 8.16. The van der Waals surface area contributed by atoms with Gasteiger partial charge in [0.05, 0.1) is 6.61 Å². The number of nitrogens with one attached hydrogen (secondary N) is 1. The van der Waals surface area contributed by atoms with Gasteiger partial charge in [0.15, 0.2) is 0 Å². The summed E-state index contributed by atoms with van der Waals surface area (Å²) in [4.78, 5) is 0. The van der Waals surface area contributed by atoms with Crippen molar-refractivity contribution in [1.29, 1.82) is 0 Å². The number of rotatable bonds is 1. The summed E-state index contributed by atoms with van der Waals surface area (Å²) in [5.41, 5.74) is 0.693. The monoisotopic (exact) mass is 247 g/mol. The smallest absolute Gasteiger partial charge is 0.142 e. The minimum Gasteiger partial charge on any atom is -0.355 e. The molecule has 1 aliphatic heterocycles. The Morgan fingerprint density at radius 1 is 1.53 bits per heavy atom. The molecule has 0 radical (unpaired) electrons. The zero-order valence-electron chi connectivity index (χ0n) is 8.79. The normalized spacial score (nSPS) is 29.9. The molecule has 2 atom stereocenters. The van der Waals surface area contributed by atoms with E-state index in [4.69, 9.17) is 16.3 Å². The van der Waals surface area contributed by atoms with E-state index in [1.54, 1.807) is 0 Å². The zero-order valence-corrected chi connectivity index (χ0v) is 10.4. The van der Waals surface area contributed by atoms with Crippen LogP contribution in [0.25, 0.3) is 0 Å². The second-order valence-corrected chi connectivity index (χ2v) is 4.34. The summed E-state index contributed by atoms with van der Waals surface area (Å²) in [7, 11) is 0. The third kappa shape index (κ3) is 2.64. The molecule has 0 bridgehead atoms. The van der Waals surface area contributed by atoms with Crippen molar-refractivity contribution in [1.82, 2.24) is 5.32 Å². The first kappa shape index (κ1) is 12.8. The van der Waals surface area contributed by atoms with Crippen molar-refractivity contribution in [3.63, 3.8) is 0 Å². The number of ether oxygens (including phenoxy) is 1. The van der Waals surface area contributed by atoms with E-state index in [0.29, 0.717) is 6.04 Å². The van der Waals surface area contributed by atoms with Crippen LogP contribution in [0.1, 0.15) is 19.4 Å². The van der Waals surface area contributed by atoms with Crippen LogP contribution in [0.4, 0.5) is 0 Å². The standard InChI is InChI=1S/C11H14ClNO.ClH/c1-8-7-14-11(2,13-8)9-4-3-5-10(12)6-9;/h3-6,8,13H,7H2,1-2H3;1H. The van der Waals surface area contributed by atoms with Gasteiger partial charge in [-0.2, -0.15) is 0 Å². The predicted molar refractivity (Wildman–Crippen MR) is 64.6 cm³/mol. The molecule has 2 rings (SSSR count). The van der Waals surface area contributed by atoms with Crippen LogP contribution in [-0.2, 0) is 10.5 Å². The van der Waals surface area contributed by atoms with Gasteiger partial charge in [-0.25, -0.2) is 0 Å². The van der Waals surface area contributed by atoms with E-state index >= 15 is 0 Å². The second kappa shape index (κ2) is 4.71. The maximum atomic E-state index is 5.94. The number of hydrogen-bond acceptors (Lipinski definition) is 2. The van der Waals surface area contributed by atoms with Crippen molar-refractivity contribution in [3.8, 4) is 0 Å². The molecule has 1 aromatic rings. The third-order valence-electron chi connectivity index (χ3n) is 2.52. The Morgan fingerprint density at radius 2 is 2.27 bits per heavy atom.